The first kappa shape index (κ1) is 18.6. The lowest BCUT2D eigenvalue weighted by Gasteiger charge is -2.09. The van der Waals surface area contributed by atoms with Crippen LogP contribution in [-0.4, -0.2) is 38.8 Å². The van der Waals surface area contributed by atoms with Crippen LogP contribution < -0.4 is 4.74 Å². The van der Waals surface area contributed by atoms with Crippen molar-refractivity contribution in [3.8, 4) is 28.3 Å². The van der Waals surface area contributed by atoms with Crippen molar-refractivity contribution in [3.05, 3.63) is 66.6 Å². The molecule has 7 heteroatoms. The maximum absolute atomic E-state index is 12.0. The van der Waals surface area contributed by atoms with Crippen LogP contribution in [0.5, 0.6) is 5.88 Å². The van der Waals surface area contributed by atoms with E-state index in [2.05, 4.69) is 10.1 Å². The minimum atomic E-state index is -0.336. The minimum Gasteiger partial charge on any atom is -0.481 e. The van der Waals surface area contributed by atoms with Crippen molar-refractivity contribution >= 4 is 11.6 Å². The van der Waals surface area contributed by atoms with E-state index in [0.717, 1.165) is 22.4 Å². The van der Waals surface area contributed by atoms with Gasteiger partial charge in [0, 0.05) is 23.5 Å². The lowest BCUT2D eigenvalue weighted by atomic mass is 10.1. The van der Waals surface area contributed by atoms with E-state index in [-0.39, 0.29) is 12.1 Å². The van der Waals surface area contributed by atoms with Gasteiger partial charge in [0.1, 0.15) is 0 Å². The summed E-state index contributed by atoms with van der Waals surface area (Å²) < 4.78 is 12.3. The summed E-state index contributed by atoms with van der Waals surface area (Å²) in [5.74, 6) is 0.180. The predicted octanol–water partition coefficient (Wildman–Crippen LogP) is 4.03. The quantitative estimate of drug-likeness (QED) is 0.480. The molecule has 3 heterocycles. The molecule has 0 saturated heterocycles. The topological polar surface area (TPSA) is 78.6 Å². The van der Waals surface area contributed by atoms with Gasteiger partial charge in [0.25, 0.3) is 0 Å². The molecule has 7 nitrogen and oxygen atoms in total. The molecule has 0 spiro atoms. The Labute approximate surface area is 168 Å². The second-order valence-corrected chi connectivity index (χ2v) is 6.73. The van der Waals surface area contributed by atoms with Crippen molar-refractivity contribution in [1.29, 1.82) is 0 Å². The van der Waals surface area contributed by atoms with E-state index in [4.69, 9.17) is 14.5 Å². The summed E-state index contributed by atoms with van der Waals surface area (Å²) in [6, 6.07) is 12.9. The van der Waals surface area contributed by atoms with Crippen molar-refractivity contribution in [1.82, 2.24) is 19.6 Å². The number of methoxy groups -OCH3 is 1. The Morgan fingerprint density at radius 3 is 2.59 bits per heavy atom. The molecule has 0 bridgehead atoms. The van der Waals surface area contributed by atoms with Gasteiger partial charge in [-0.3, -0.25) is 0 Å². The van der Waals surface area contributed by atoms with Crippen molar-refractivity contribution in [2.75, 3.05) is 7.11 Å². The molecular weight excluding hydrogens is 368 g/mol. The van der Waals surface area contributed by atoms with Crippen molar-refractivity contribution in [2.45, 2.75) is 20.0 Å². The standard InChI is InChI=1S/C22H20N4O3/c1-14(2)29-22(27)16-8-6-15(7-9-16)19-10-12-26-20(25-19)18(13-24-26)17-5-4-11-23-21(17)28-3/h4-14H,1-3H3. The van der Waals surface area contributed by atoms with Crippen LogP contribution in [0.15, 0.2) is 61.1 Å². The van der Waals surface area contributed by atoms with E-state index in [9.17, 15) is 4.79 Å². The number of carbonyl (C=O) groups excluding carboxylic acids is 1. The van der Waals surface area contributed by atoms with Gasteiger partial charge in [-0.15, -0.1) is 0 Å². The van der Waals surface area contributed by atoms with E-state index in [0.29, 0.717) is 17.1 Å². The number of fused-ring (bicyclic) bond motifs is 1. The van der Waals surface area contributed by atoms with Gasteiger partial charge in [-0.1, -0.05) is 12.1 Å². The summed E-state index contributed by atoms with van der Waals surface area (Å²) in [5.41, 5.74) is 4.51. The van der Waals surface area contributed by atoms with E-state index >= 15 is 0 Å². The normalized spacial score (nSPS) is 11.0. The zero-order chi connectivity index (χ0) is 20.4. The van der Waals surface area contributed by atoms with Crippen molar-refractivity contribution in [2.24, 2.45) is 0 Å². The highest BCUT2D eigenvalue weighted by Gasteiger charge is 2.15. The van der Waals surface area contributed by atoms with E-state index in [1.807, 2.05) is 50.4 Å². The molecule has 146 valence electrons. The van der Waals surface area contributed by atoms with Gasteiger partial charge in [-0.05, 0) is 44.2 Å². The first-order valence-electron chi connectivity index (χ1n) is 9.22. The lowest BCUT2D eigenvalue weighted by molar-refractivity contribution is 0.0378. The Kier molecular flexibility index (Phi) is 4.95. The average Bonchev–Trinajstić information content (AvgIpc) is 3.16. The van der Waals surface area contributed by atoms with Gasteiger partial charge in [0.15, 0.2) is 5.65 Å². The number of hydrogen-bond donors (Lipinski definition) is 0. The third-order valence-electron chi connectivity index (χ3n) is 4.38. The molecule has 0 unspecified atom stereocenters. The maximum Gasteiger partial charge on any atom is 0.338 e. The van der Waals surface area contributed by atoms with Crippen LogP contribution in [0.4, 0.5) is 0 Å². The second-order valence-electron chi connectivity index (χ2n) is 6.73. The lowest BCUT2D eigenvalue weighted by Crippen LogP contribution is -2.11. The molecule has 0 aliphatic heterocycles. The molecule has 29 heavy (non-hydrogen) atoms. The van der Waals surface area contributed by atoms with Gasteiger partial charge in [0.05, 0.1) is 36.2 Å². The van der Waals surface area contributed by atoms with Crippen LogP contribution in [-0.2, 0) is 4.74 Å². The van der Waals surface area contributed by atoms with Crippen LogP contribution >= 0.6 is 0 Å². The molecule has 1 aromatic carbocycles. The van der Waals surface area contributed by atoms with Crippen LogP contribution in [0, 0.1) is 0 Å². The number of carbonyl (C=O) groups is 1. The van der Waals surface area contributed by atoms with E-state index in [1.54, 1.807) is 36.2 Å². The fourth-order valence-corrected chi connectivity index (χ4v) is 3.04. The van der Waals surface area contributed by atoms with Gasteiger partial charge in [0.2, 0.25) is 5.88 Å². The number of ether oxygens (including phenoxy) is 2. The van der Waals surface area contributed by atoms with Crippen LogP contribution in [0.2, 0.25) is 0 Å². The van der Waals surface area contributed by atoms with Gasteiger partial charge >= 0.3 is 5.97 Å². The largest absolute Gasteiger partial charge is 0.481 e. The number of aromatic nitrogens is 4. The minimum absolute atomic E-state index is 0.156. The third kappa shape index (κ3) is 3.67. The molecule has 0 aliphatic carbocycles. The number of rotatable bonds is 5. The Morgan fingerprint density at radius 1 is 1.07 bits per heavy atom. The summed E-state index contributed by atoms with van der Waals surface area (Å²) >= 11 is 0. The number of nitrogens with zero attached hydrogens (tertiary/aromatic N) is 4. The van der Waals surface area contributed by atoms with E-state index < -0.39 is 0 Å². The molecule has 4 rings (SSSR count). The van der Waals surface area contributed by atoms with Crippen LogP contribution in [0.1, 0.15) is 24.2 Å². The summed E-state index contributed by atoms with van der Waals surface area (Å²) in [4.78, 5) is 21.1. The molecule has 4 aromatic rings. The molecular formula is C22H20N4O3. The fraction of sp³-hybridized carbons (Fsp3) is 0.182. The van der Waals surface area contributed by atoms with Crippen molar-refractivity contribution < 1.29 is 14.3 Å². The number of benzene rings is 1. The molecule has 0 atom stereocenters. The molecule has 0 fully saturated rings. The van der Waals surface area contributed by atoms with Gasteiger partial charge < -0.3 is 9.47 Å². The van der Waals surface area contributed by atoms with Crippen molar-refractivity contribution in [3.63, 3.8) is 0 Å². The Hall–Kier alpha value is -3.74. The summed E-state index contributed by atoms with van der Waals surface area (Å²) in [6.45, 7) is 3.65. The maximum atomic E-state index is 12.0. The first-order chi connectivity index (χ1) is 14.1. The SMILES string of the molecule is COc1ncccc1-c1cnn2ccc(-c3ccc(C(=O)OC(C)C)cc3)nc12. The monoisotopic (exact) mass is 388 g/mol. The smallest absolute Gasteiger partial charge is 0.338 e. The first-order valence-corrected chi connectivity index (χ1v) is 9.22. The van der Waals surface area contributed by atoms with Gasteiger partial charge in [-0.25, -0.2) is 19.3 Å². The zero-order valence-electron chi connectivity index (χ0n) is 16.4. The molecule has 3 aromatic heterocycles. The molecule has 0 saturated carbocycles. The van der Waals surface area contributed by atoms with Crippen LogP contribution in [0.25, 0.3) is 28.0 Å². The molecule has 0 N–H and O–H groups in total. The zero-order valence-corrected chi connectivity index (χ0v) is 16.4. The Balaban J connectivity index is 1.72. The number of hydrogen-bond acceptors (Lipinski definition) is 6. The van der Waals surface area contributed by atoms with Crippen LogP contribution in [0.3, 0.4) is 0 Å². The van der Waals surface area contributed by atoms with E-state index in [1.165, 1.54) is 0 Å². The second kappa shape index (κ2) is 7.71. The van der Waals surface area contributed by atoms with Gasteiger partial charge in [-0.2, -0.15) is 5.10 Å². The molecule has 0 amide bonds. The average molecular weight is 388 g/mol. The fourth-order valence-electron chi connectivity index (χ4n) is 3.04. The Morgan fingerprint density at radius 2 is 1.86 bits per heavy atom. The predicted molar refractivity (Wildman–Crippen MR) is 109 cm³/mol. The number of pyridine rings is 1. The highest BCUT2D eigenvalue weighted by atomic mass is 16.5. The summed E-state index contributed by atoms with van der Waals surface area (Å²) in [5, 5.41) is 4.38. The summed E-state index contributed by atoms with van der Waals surface area (Å²) in [6.07, 6.45) is 5.12. The highest BCUT2D eigenvalue weighted by Crippen LogP contribution is 2.31. The summed E-state index contributed by atoms with van der Waals surface area (Å²) in [7, 11) is 1.59. The third-order valence-corrected chi connectivity index (χ3v) is 4.38. The molecule has 0 radical (unpaired) electrons. The highest BCUT2D eigenvalue weighted by molar-refractivity contribution is 5.90. The Bertz CT molecular complexity index is 1170. The molecule has 0 aliphatic rings. The number of esters is 1.